The fourth-order valence-corrected chi connectivity index (χ4v) is 1.32. The van der Waals surface area contributed by atoms with Gasteiger partial charge in [0.2, 0.25) is 5.91 Å². The first kappa shape index (κ1) is 15.9. The SMILES string of the molecule is COC(=O)/C=C/c1cccc(NC(=O)C(C)(C)CO)c1. The number of rotatable bonds is 5. The van der Waals surface area contributed by atoms with Gasteiger partial charge in [0.1, 0.15) is 0 Å². The van der Waals surface area contributed by atoms with E-state index in [0.717, 1.165) is 5.56 Å². The summed E-state index contributed by atoms with van der Waals surface area (Å²) in [6.45, 7) is 3.08. The fourth-order valence-electron chi connectivity index (χ4n) is 1.32. The summed E-state index contributed by atoms with van der Waals surface area (Å²) in [6.07, 6.45) is 2.90. The molecule has 0 aliphatic rings. The molecule has 5 nitrogen and oxygen atoms in total. The third kappa shape index (κ3) is 4.51. The average molecular weight is 277 g/mol. The number of ether oxygens (including phenoxy) is 1. The van der Waals surface area contributed by atoms with Crippen LogP contribution < -0.4 is 5.32 Å². The molecular weight excluding hydrogens is 258 g/mol. The highest BCUT2D eigenvalue weighted by Crippen LogP contribution is 2.19. The number of nitrogens with one attached hydrogen (secondary N) is 1. The van der Waals surface area contributed by atoms with E-state index in [2.05, 4.69) is 10.1 Å². The minimum absolute atomic E-state index is 0.235. The fraction of sp³-hybridized carbons (Fsp3) is 0.333. The van der Waals surface area contributed by atoms with E-state index in [1.807, 2.05) is 0 Å². The first-order chi connectivity index (χ1) is 9.39. The molecule has 0 aliphatic heterocycles. The maximum Gasteiger partial charge on any atom is 0.330 e. The van der Waals surface area contributed by atoms with Crippen molar-refractivity contribution in [2.24, 2.45) is 5.41 Å². The van der Waals surface area contributed by atoms with E-state index in [-0.39, 0.29) is 12.5 Å². The Morgan fingerprint density at radius 3 is 2.70 bits per heavy atom. The van der Waals surface area contributed by atoms with E-state index >= 15 is 0 Å². The zero-order valence-corrected chi connectivity index (χ0v) is 11.8. The molecular formula is C15H19NO4. The Balaban J connectivity index is 2.81. The minimum atomic E-state index is -0.849. The lowest BCUT2D eigenvalue weighted by atomic mass is 9.93. The van der Waals surface area contributed by atoms with Crippen molar-refractivity contribution in [3.8, 4) is 0 Å². The van der Waals surface area contributed by atoms with Gasteiger partial charge in [0.05, 0.1) is 19.1 Å². The number of anilines is 1. The smallest absolute Gasteiger partial charge is 0.330 e. The minimum Gasteiger partial charge on any atom is -0.466 e. The first-order valence-corrected chi connectivity index (χ1v) is 6.17. The topological polar surface area (TPSA) is 75.6 Å². The molecule has 1 amide bonds. The summed E-state index contributed by atoms with van der Waals surface area (Å²) < 4.78 is 4.50. The van der Waals surface area contributed by atoms with Crippen LogP contribution in [-0.4, -0.2) is 30.7 Å². The van der Waals surface area contributed by atoms with E-state index in [1.165, 1.54) is 13.2 Å². The maximum absolute atomic E-state index is 11.9. The van der Waals surface area contributed by atoms with Crippen molar-refractivity contribution in [1.82, 2.24) is 0 Å². The zero-order valence-electron chi connectivity index (χ0n) is 11.8. The zero-order chi connectivity index (χ0) is 15.2. The molecule has 0 saturated heterocycles. The largest absolute Gasteiger partial charge is 0.466 e. The van der Waals surface area contributed by atoms with Crippen LogP contribution in [0.25, 0.3) is 6.08 Å². The molecule has 0 bridgehead atoms. The molecule has 20 heavy (non-hydrogen) atoms. The second kappa shape index (κ2) is 6.86. The van der Waals surface area contributed by atoms with E-state index in [4.69, 9.17) is 5.11 Å². The number of hydrogen-bond donors (Lipinski definition) is 2. The summed E-state index contributed by atoms with van der Waals surface area (Å²) in [5.74, 6) is -0.713. The highest BCUT2D eigenvalue weighted by molar-refractivity contribution is 5.95. The molecule has 0 unspecified atom stereocenters. The van der Waals surface area contributed by atoms with Gasteiger partial charge in [-0.15, -0.1) is 0 Å². The molecule has 108 valence electrons. The van der Waals surface area contributed by atoms with Crippen LogP contribution in [0.2, 0.25) is 0 Å². The summed E-state index contributed by atoms with van der Waals surface area (Å²) >= 11 is 0. The Morgan fingerprint density at radius 2 is 2.10 bits per heavy atom. The van der Waals surface area contributed by atoms with Gasteiger partial charge in [-0.3, -0.25) is 4.79 Å². The lowest BCUT2D eigenvalue weighted by Gasteiger charge is -2.20. The normalized spacial score (nSPS) is 11.4. The van der Waals surface area contributed by atoms with E-state index in [1.54, 1.807) is 44.2 Å². The Bertz CT molecular complexity index is 520. The molecule has 0 heterocycles. The van der Waals surface area contributed by atoms with Gasteiger partial charge in [0.25, 0.3) is 0 Å². The van der Waals surface area contributed by atoms with Crippen molar-refractivity contribution >= 4 is 23.6 Å². The van der Waals surface area contributed by atoms with Crippen molar-refractivity contribution in [2.45, 2.75) is 13.8 Å². The Labute approximate surface area is 118 Å². The molecule has 0 fully saturated rings. The van der Waals surface area contributed by atoms with Gasteiger partial charge in [0, 0.05) is 11.8 Å². The molecule has 1 aromatic carbocycles. The number of benzene rings is 1. The van der Waals surface area contributed by atoms with Crippen molar-refractivity contribution in [3.05, 3.63) is 35.9 Å². The van der Waals surface area contributed by atoms with Crippen molar-refractivity contribution in [2.75, 3.05) is 19.0 Å². The number of carbonyl (C=O) groups excluding carboxylic acids is 2. The van der Waals surface area contributed by atoms with Gasteiger partial charge >= 0.3 is 5.97 Å². The van der Waals surface area contributed by atoms with E-state index in [0.29, 0.717) is 5.69 Å². The highest BCUT2D eigenvalue weighted by atomic mass is 16.5. The number of aliphatic hydroxyl groups excluding tert-OH is 1. The number of carbonyl (C=O) groups is 2. The van der Waals surface area contributed by atoms with Crippen molar-refractivity contribution < 1.29 is 19.4 Å². The predicted molar refractivity (Wildman–Crippen MR) is 77.0 cm³/mol. The second-order valence-electron chi connectivity index (χ2n) is 4.98. The van der Waals surface area contributed by atoms with E-state index < -0.39 is 11.4 Å². The van der Waals surface area contributed by atoms with Gasteiger partial charge < -0.3 is 15.2 Å². The molecule has 2 N–H and O–H groups in total. The third-order valence-electron chi connectivity index (χ3n) is 2.77. The van der Waals surface area contributed by atoms with Gasteiger partial charge in [-0.25, -0.2) is 4.79 Å². The van der Waals surface area contributed by atoms with E-state index in [9.17, 15) is 9.59 Å². The van der Waals surface area contributed by atoms with Crippen molar-refractivity contribution in [1.29, 1.82) is 0 Å². The number of hydrogen-bond acceptors (Lipinski definition) is 4. The molecule has 1 rings (SSSR count). The van der Waals surface area contributed by atoms with Crippen LogP contribution in [0.3, 0.4) is 0 Å². The second-order valence-corrected chi connectivity index (χ2v) is 4.98. The van der Waals surface area contributed by atoms with Crippen molar-refractivity contribution in [3.63, 3.8) is 0 Å². The first-order valence-electron chi connectivity index (χ1n) is 6.17. The molecule has 0 saturated carbocycles. The molecule has 0 aliphatic carbocycles. The summed E-state index contributed by atoms with van der Waals surface area (Å²) in [5.41, 5.74) is 0.510. The Hall–Kier alpha value is -2.14. The summed E-state index contributed by atoms with van der Waals surface area (Å²) in [6, 6.07) is 7.02. The van der Waals surface area contributed by atoms with Gasteiger partial charge in [0.15, 0.2) is 0 Å². The maximum atomic E-state index is 11.9. The molecule has 5 heteroatoms. The lowest BCUT2D eigenvalue weighted by Crippen LogP contribution is -2.33. The molecule has 1 aromatic rings. The monoisotopic (exact) mass is 277 g/mol. The average Bonchev–Trinajstić information content (AvgIpc) is 2.45. The standard InChI is InChI=1S/C15H19NO4/c1-15(2,10-17)14(19)16-12-6-4-5-11(9-12)7-8-13(18)20-3/h4-9,17H,10H2,1-3H3,(H,16,19)/b8-7+. The van der Waals surface area contributed by atoms with Crippen LogP contribution in [0, 0.1) is 5.41 Å². The highest BCUT2D eigenvalue weighted by Gasteiger charge is 2.26. The number of aliphatic hydroxyl groups is 1. The third-order valence-corrected chi connectivity index (χ3v) is 2.77. The quantitative estimate of drug-likeness (QED) is 0.636. The van der Waals surface area contributed by atoms with Gasteiger partial charge in [-0.2, -0.15) is 0 Å². The Kier molecular flexibility index (Phi) is 5.46. The summed E-state index contributed by atoms with van der Waals surface area (Å²) in [4.78, 5) is 22.9. The summed E-state index contributed by atoms with van der Waals surface area (Å²) in [5, 5.41) is 11.9. The lowest BCUT2D eigenvalue weighted by molar-refractivity contribution is -0.134. The molecule has 0 aromatic heterocycles. The summed E-state index contributed by atoms with van der Waals surface area (Å²) in [7, 11) is 1.31. The number of esters is 1. The predicted octanol–water partition coefficient (Wildman–Crippen LogP) is 1.83. The molecule has 0 radical (unpaired) electrons. The van der Waals surface area contributed by atoms with Crippen LogP contribution >= 0.6 is 0 Å². The Morgan fingerprint density at radius 1 is 1.40 bits per heavy atom. The van der Waals surface area contributed by atoms with Crippen LogP contribution in [0.4, 0.5) is 5.69 Å². The van der Waals surface area contributed by atoms with Gasteiger partial charge in [-0.1, -0.05) is 12.1 Å². The van der Waals surface area contributed by atoms with Crippen LogP contribution in [0.15, 0.2) is 30.3 Å². The van der Waals surface area contributed by atoms with Crippen LogP contribution in [-0.2, 0) is 14.3 Å². The van der Waals surface area contributed by atoms with Gasteiger partial charge in [-0.05, 0) is 37.6 Å². The number of amides is 1. The van der Waals surface area contributed by atoms with Crippen LogP contribution in [0.1, 0.15) is 19.4 Å². The number of methoxy groups -OCH3 is 1. The molecule has 0 atom stereocenters. The molecule has 0 spiro atoms. The van der Waals surface area contributed by atoms with Crippen LogP contribution in [0.5, 0.6) is 0 Å².